The Kier molecular flexibility index (Phi) is 8.15. The number of fused-ring (bicyclic) bond motifs is 9. The van der Waals surface area contributed by atoms with Gasteiger partial charge >= 0.3 is 0 Å². The van der Waals surface area contributed by atoms with E-state index in [0.29, 0.717) is 17.5 Å². The molecule has 298 valence electrons. The summed E-state index contributed by atoms with van der Waals surface area (Å²) in [5, 5.41) is 9.52. The number of hydrogen-bond acceptors (Lipinski definition) is 3. The summed E-state index contributed by atoms with van der Waals surface area (Å²) in [5.74, 6) is 1.89. The first kappa shape index (κ1) is 36.0. The van der Waals surface area contributed by atoms with Crippen molar-refractivity contribution in [2.45, 2.75) is 0 Å². The number of hydrogen-bond donors (Lipinski definition) is 0. The van der Waals surface area contributed by atoms with E-state index in [1.54, 1.807) is 0 Å². The Morgan fingerprint density at radius 3 is 1.61 bits per heavy atom. The molecule has 5 heteroatoms. The molecular weight excluding hydrogens is 779 g/mol. The van der Waals surface area contributed by atoms with Crippen molar-refractivity contribution in [2.24, 2.45) is 0 Å². The highest BCUT2D eigenvalue weighted by Crippen LogP contribution is 2.43. The van der Waals surface area contributed by atoms with Gasteiger partial charge in [0.05, 0.1) is 27.8 Å². The molecule has 0 bridgehead atoms. The summed E-state index contributed by atoms with van der Waals surface area (Å²) < 4.78 is 4.90. The van der Waals surface area contributed by atoms with Crippen LogP contribution >= 0.6 is 0 Å². The van der Waals surface area contributed by atoms with Crippen molar-refractivity contribution >= 4 is 65.2 Å². The van der Waals surface area contributed by atoms with Crippen LogP contribution in [0.3, 0.4) is 0 Å². The third-order valence-electron chi connectivity index (χ3n) is 12.8. The second-order valence-electron chi connectivity index (χ2n) is 16.4. The zero-order valence-electron chi connectivity index (χ0n) is 34.6. The van der Waals surface area contributed by atoms with Crippen LogP contribution in [0.15, 0.2) is 224 Å². The maximum Gasteiger partial charge on any atom is 0.164 e. The van der Waals surface area contributed by atoms with Crippen molar-refractivity contribution in [3.63, 3.8) is 0 Å². The molecule has 13 aromatic rings. The number of benzene rings is 10. The molecule has 0 spiro atoms. The molecule has 0 unspecified atom stereocenters. The molecule has 0 fully saturated rings. The van der Waals surface area contributed by atoms with Crippen molar-refractivity contribution in [1.29, 1.82) is 0 Å². The van der Waals surface area contributed by atoms with Gasteiger partial charge in [-0.25, -0.2) is 15.0 Å². The summed E-state index contributed by atoms with van der Waals surface area (Å²) >= 11 is 0. The van der Waals surface area contributed by atoms with Crippen LogP contribution in [0.1, 0.15) is 0 Å². The van der Waals surface area contributed by atoms with E-state index in [2.05, 4.69) is 209 Å². The van der Waals surface area contributed by atoms with E-state index in [-0.39, 0.29) is 0 Å². The van der Waals surface area contributed by atoms with Crippen LogP contribution in [-0.2, 0) is 0 Å². The Morgan fingerprint density at radius 1 is 0.281 bits per heavy atom. The molecule has 3 heterocycles. The van der Waals surface area contributed by atoms with Gasteiger partial charge in [0.25, 0.3) is 0 Å². The highest BCUT2D eigenvalue weighted by atomic mass is 15.0. The molecule has 0 saturated heterocycles. The van der Waals surface area contributed by atoms with Gasteiger partial charge in [-0.3, -0.25) is 0 Å². The van der Waals surface area contributed by atoms with Crippen LogP contribution in [0.25, 0.3) is 122 Å². The third-order valence-corrected chi connectivity index (χ3v) is 12.8. The van der Waals surface area contributed by atoms with Gasteiger partial charge in [-0.05, 0) is 58.3 Å². The van der Waals surface area contributed by atoms with E-state index in [4.69, 9.17) is 15.0 Å². The highest BCUT2D eigenvalue weighted by Gasteiger charge is 2.22. The van der Waals surface area contributed by atoms with E-state index in [9.17, 15) is 0 Å². The maximum atomic E-state index is 5.23. The van der Waals surface area contributed by atoms with E-state index >= 15 is 0 Å². The number of aromatic nitrogens is 5. The molecule has 3 aromatic heterocycles. The quantitative estimate of drug-likeness (QED) is 0.168. The SMILES string of the molecule is c1ccc(-c2ccc(-c3nc(-c4ccccc4)nc(-c4cccc5c(-n6c7ccccc7c7cc8c9ccc%10ccccc%10c9n(-c9ccccc9)c8cc76)cccc45)n3)cc2)cc1. The van der Waals surface area contributed by atoms with Crippen LogP contribution in [0, 0.1) is 0 Å². The molecule has 0 aliphatic heterocycles. The minimum Gasteiger partial charge on any atom is -0.309 e. The molecule has 13 rings (SSSR count). The molecule has 0 aliphatic carbocycles. The van der Waals surface area contributed by atoms with Crippen molar-refractivity contribution < 1.29 is 0 Å². The largest absolute Gasteiger partial charge is 0.309 e. The molecule has 5 nitrogen and oxygen atoms in total. The topological polar surface area (TPSA) is 48.5 Å². The van der Waals surface area contributed by atoms with Gasteiger partial charge in [0, 0.05) is 54.7 Å². The zero-order valence-corrected chi connectivity index (χ0v) is 34.6. The number of para-hydroxylation sites is 2. The van der Waals surface area contributed by atoms with Gasteiger partial charge in [0.1, 0.15) is 0 Å². The van der Waals surface area contributed by atoms with Gasteiger partial charge in [-0.2, -0.15) is 0 Å². The fourth-order valence-electron chi connectivity index (χ4n) is 9.81. The molecule has 0 saturated carbocycles. The number of nitrogens with zero attached hydrogens (tertiary/aromatic N) is 5. The van der Waals surface area contributed by atoms with Crippen LogP contribution in [0.5, 0.6) is 0 Å². The van der Waals surface area contributed by atoms with Gasteiger partial charge in [-0.15, -0.1) is 0 Å². The van der Waals surface area contributed by atoms with Crippen LogP contribution in [0.2, 0.25) is 0 Å². The lowest BCUT2D eigenvalue weighted by molar-refractivity contribution is 1.08. The first-order valence-electron chi connectivity index (χ1n) is 21.7. The average Bonchev–Trinajstić information content (AvgIpc) is 3.88. The van der Waals surface area contributed by atoms with Crippen LogP contribution < -0.4 is 0 Å². The predicted octanol–water partition coefficient (Wildman–Crippen LogP) is 15.0. The summed E-state index contributed by atoms with van der Waals surface area (Å²) in [6.07, 6.45) is 0. The summed E-state index contributed by atoms with van der Waals surface area (Å²) in [5.41, 5.74) is 12.0. The van der Waals surface area contributed by atoms with Crippen molar-refractivity contribution in [1.82, 2.24) is 24.1 Å². The Hall–Kier alpha value is -8.67. The molecule has 0 N–H and O–H groups in total. The first-order valence-corrected chi connectivity index (χ1v) is 21.7. The first-order chi connectivity index (χ1) is 31.7. The average molecular weight is 816 g/mol. The predicted molar refractivity (Wildman–Crippen MR) is 265 cm³/mol. The lowest BCUT2D eigenvalue weighted by Crippen LogP contribution is -2.01. The van der Waals surface area contributed by atoms with Crippen LogP contribution in [0.4, 0.5) is 0 Å². The smallest absolute Gasteiger partial charge is 0.164 e. The fraction of sp³-hybridized carbons (Fsp3) is 0. The van der Waals surface area contributed by atoms with E-state index in [1.165, 1.54) is 43.4 Å². The monoisotopic (exact) mass is 815 g/mol. The standard InChI is InChI=1S/C59H37N5/c1-4-16-38(17-5-1)39-30-32-42(33-31-39)58-60-57(41-19-6-2-7-20-41)61-59(62-58)49-27-14-26-46-45(49)25-15-29-53(46)64-52-28-13-12-24-47(52)50-36-51-48-35-34-40-18-10-11-23-44(40)56(48)63(54(51)37-55(50)64)43-21-8-3-9-22-43/h1-37H. The third kappa shape index (κ3) is 5.68. The van der Waals surface area contributed by atoms with Crippen molar-refractivity contribution in [3.8, 4) is 56.7 Å². The van der Waals surface area contributed by atoms with E-state index in [0.717, 1.165) is 61.0 Å². The maximum absolute atomic E-state index is 5.23. The number of rotatable bonds is 6. The lowest BCUT2D eigenvalue weighted by atomic mass is 10.0. The van der Waals surface area contributed by atoms with E-state index in [1.807, 2.05) is 24.3 Å². The normalized spacial score (nSPS) is 11.8. The molecule has 0 aliphatic rings. The van der Waals surface area contributed by atoms with Gasteiger partial charge in [0.15, 0.2) is 17.5 Å². The Balaban J connectivity index is 1.04. The minimum atomic E-state index is 0.627. The molecule has 64 heavy (non-hydrogen) atoms. The van der Waals surface area contributed by atoms with E-state index < -0.39 is 0 Å². The van der Waals surface area contributed by atoms with Gasteiger partial charge in [0.2, 0.25) is 0 Å². The van der Waals surface area contributed by atoms with Gasteiger partial charge in [-0.1, -0.05) is 188 Å². The summed E-state index contributed by atoms with van der Waals surface area (Å²) in [6.45, 7) is 0. The van der Waals surface area contributed by atoms with Gasteiger partial charge < -0.3 is 9.13 Å². The Bertz CT molecular complexity index is 3930. The molecule has 0 amide bonds. The molecule has 0 atom stereocenters. The summed E-state index contributed by atoms with van der Waals surface area (Å²) in [6, 6.07) is 79.8. The highest BCUT2D eigenvalue weighted by molar-refractivity contribution is 6.23. The summed E-state index contributed by atoms with van der Waals surface area (Å²) in [7, 11) is 0. The molecule has 0 radical (unpaired) electrons. The Labute approximate surface area is 368 Å². The van der Waals surface area contributed by atoms with Crippen molar-refractivity contribution in [2.75, 3.05) is 0 Å². The second-order valence-corrected chi connectivity index (χ2v) is 16.4. The zero-order chi connectivity index (χ0) is 42.1. The van der Waals surface area contributed by atoms with Crippen LogP contribution in [-0.4, -0.2) is 24.1 Å². The molecule has 10 aromatic carbocycles. The minimum absolute atomic E-state index is 0.627. The van der Waals surface area contributed by atoms with Crippen molar-refractivity contribution in [3.05, 3.63) is 224 Å². The second kappa shape index (κ2) is 14.5. The summed E-state index contributed by atoms with van der Waals surface area (Å²) in [4.78, 5) is 15.5. The Morgan fingerprint density at radius 2 is 0.828 bits per heavy atom. The molecular formula is C59H37N5. The fourth-order valence-corrected chi connectivity index (χ4v) is 9.81. The lowest BCUT2D eigenvalue weighted by Gasteiger charge is -2.15.